The van der Waals surface area contributed by atoms with Gasteiger partial charge in [-0.2, -0.15) is 5.10 Å². The number of oxazole rings is 1. The minimum Gasteiger partial charge on any atom is -0.441 e. The first-order chi connectivity index (χ1) is 16.2. The largest absolute Gasteiger partial charge is 0.441 e. The molecule has 1 amide bonds. The number of aryl methyl sites for hydroxylation is 1. The number of carbonyl (C=O) groups excluding carboxylic acids is 1. The number of aromatic nitrogens is 3. The molecule has 0 radical (unpaired) electrons. The van der Waals surface area contributed by atoms with E-state index in [1.165, 1.54) is 0 Å². The Morgan fingerprint density at radius 1 is 1.12 bits per heavy atom. The molecule has 34 heavy (non-hydrogen) atoms. The fraction of sp³-hybridized carbons (Fsp3) is 0.217. The fourth-order valence-corrected chi connectivity index (χ4v) is 3.94. The van der Waals surface area contributed by atoms with Crippen LogP contribution in [0, 0.1) is 6.92 Å². The highest BCUT2D eigenvalue weighted by molar-refractivity contribution is 7.93. The van der Waals surface area contributed by atoms with Gasteiger partial charge in [-0.25, -0.2) is 18.5 Å². The van der Waals surface area contributed by atoms with Gasteiger partial charge in [0.15, 0.2) is 5.69 Å². The van der Waals surface area contributed by atoms with E-state index < -0.39 is 21.2 Å². The van der Waals surface area contributed by atoms with Crippen molar-refractivity contribution in [1.29, 1.82) is 0 Å². The Morgan fingerprint density at radius 2 is 1.85 bits per heavy atom. The number of amides is 1. The van der Waals surface area contributed by atoms with Crippen molar-refractivity contribution in [2.45, 2.75) is 32.6 Å². The zero-order valence-corrected chi connectivity index (χ0v) is 19.6. The number of H-pyrrole nitrogens is 1. The van der Waals surface area contributed by atoms with Crippen LogP contribution in [0.2, 0.25) is 0 Å². The lowest BCUT2D eigenvalue weighted by Crippen LogP contribution is -2.26. The normalized spacial score (nSPS) is 11.6. The SMILES string of the molecule is Cc1oc(-c2cccc(NS(=O)(=O)C(C)C)c2)nc1CNC(=O)c1n[nH]c(=O)c2ccccc12. The molecular weight excluding hydrogens is 458 g/mol. The highest BCUT2D eigenvalue weighted by atomic mass is 32.2. The van der Waals surface area contributed by atoms with Crippen molar-refractivity contribution in [2.24, 2.45) is 0 Å². The van der Waals surface area contributed by atoms with Crippen LogP contribution < -0.4 is 15.6 Å². The maximum atomic E-state index is 12.7. The molecule has 2 heterocycles. The molecule has 4 aromatic rings. The van der Waals surface area contributed by atoms with Crippen molar-refractivity contribution >= 4 is 32.4 Å². The van der Waals surface area contributed by atoms with E-state index in [0.29, 0.717) is 39.4 Å². The van der Waals surface area contributed by atoms with Crippen LogP contribution in [0.15, 0.2) is 57.7 Å². The average Bonchev–Trinajstić information content (AvgIpc) is 3.18. The van der Waals surface area contributed by atoms with Crippen LogP contribution in [-0.2, 0) is 16.6 Å². The maximum Gasteiger partial charge on any atom is 0.272 e. The number of benzene rings is 2. The van der Waals surface area contributed by atoms with E-state index in [0.717, 1.165) is 0 Å². The lowest BCUT2D eigenvalue weighted by atomic mass is 10.1. The van der Waals surface area contributed by atoms with Crippen molar-refractivity contribution in [3.05, 3.63) is 76.0 Å². The summed E-state index contributed by atoms with van der Waals surface area (Å²) in [4.78, 5) is 29.1. The summed E-state index contributed by atoms with van der Waals surface area (Å²) in [7, 11) is -3.49. The van der Waals surface area contributed by atoms with Crippen molar-refractivity contribution in [2.75, 3.05) is 4.72 Å². The third-order valence-corrected chi connectivity index (χ3v) is 6.97. The summed E-state index contributed by atoms with van der Waals surface area (Å²) < 4.78 is 32.6. The Labute approximate surface area is 195 Å². The number of nitrogens with one attached hydrogen (secondary N) is 3. The summed E-state index contributed by atoms with van der Waals surface area (Å²) in [5.74, 6) is 0.323. The summed E-state index contributed by atoms with van der Waals surface area (Å²) in [6.45, 7) is 4.98. The van der Waals surface area contributed by atoms with E-state index >= 15 is 0 Å². The number of hydrogen-bond donors (Lipinski definition) is 3. The second-order valence-corrected chi connectivity index (χ2v) is 10.2. The summed E-state index contributed by atoms with van der Waals surface area (Å²) in [5.41, 5.74) is 1.21. The number of nitrogens with zero attached hydrogens (tertiary/aromatic N) is 2. The smallest absolute Gasteiger partial charge is 0.272 e. The molecule has 0 aliphatic carbocycles. The lowest BCUT2D eigenvalue weighted by Gasteiger charge is -2.11. The van der Waals surface area contributed by atoms with Gasteiger partial charge in [-0.15, -0.1) is 0 Å². The second kappa shape index (κ2) is 9.10. The van der Waals surface area contributed by atoms with Crippen LogP contribution in [0.1, 0.15) is 35.8 Å². The van der Waals surface area contributed by atoms with E-state index in [1.54, 1.807) is 69.3 Å². The van der Waals surface area contributed by atoms with Gasteiger partial charge in [-0.3, -0.25) is 14.3 Å². The standard InChI is InChI=1S/C23H23N5O5S/c1-13(2)34(31,32)28-16-8-6-7-15(11-16)23-25-19(14(3)33-23)12-24-22(30)20-17-9-4-5-10-18(17)21(29)27-26-20/h4-11,13,28H,12H2,1-3H3,(H,24,30)(H,27,29). The Balaban J connectivity index is 1.53. The average molecular weight is 482 g/mol. The molecule has 0 atom stereocenters. The van der Waals surface area contributed by atoms with Crippen LogP contribution in [0.5, 0.6) is 0 Å². The summed E-state index contributed by atoms with van der Waals surface area (Å²) in [5, 5.41) is 9.22. The summed E-state index contributed by atoms with van der Waals surface area (Å²) >= 11 is 0. The van der Waals surface area contributed by atoms with Gasteiger partial charge >= 0.3 is 0 Å². The number of aromatic amines is 1. The topological polar surface area (TPSA) is 147 Å². The molecule has 0 aliphatic rings. The molecule has 2 aromatic heterocycles. The first kappa shape index (κ1) is 23.2. The third kappa shape index (κ3) is 4.69. The number of rotatable bonds is 7. The van der Waals surface area contributed by atoms with Crippen LogP contribution >= 0.6 is 0 Å². The quantitative estimate of drug-likeness (QED) is 0.368. The minimum absolute atomic E-state index is 0.0724. The molecule has 0 unspecified atom stereocenters. The van der Waals surface area contributed by atoms with Gasteiger partial charge in [0.25, 0.3) is 11.5 Å². The van der Waals surface area contributed by atoms with Crippen LogP contribution in [0.25, 0.3) is 22.2 Å². The molecule has 0 spiro atoms. The Bertz CT molecular complexity index is 1540. The molecule has 0 saturated carbocycles. The van der Waals surface area contributed by atoms with Gasteiger partial charge in [0.05, 0.1) is 17.2 Å². The second-order valence-electron chi connectivity index (χ2n) is 7.93. The van der Waals surface area contributed by atoms with E-state index in [1.807, 2.05) is 0 Å². The molecular formula is C23H23N5O5S. The molecule has 4 rings (SSSR count). The van der Waals surface area contributed by atoms with Gasteiger partial charge in [0, 0.05) is 16.6 Å². The zero-order valence-electron chi connectivity index (χ0n) is 18.7. The zero-order chi connectivity index (χ0) is 24.5. The van der Waals surface area contributed by atoms with Gasteiger partial charge in [0.1, 0.15) is 11.5 Å². The first-order valence-electron chi connectivity index (χ1n) is 10.5. The number of carbonyl (C=O) groups is 1. The summed E-state index contributed by atoms with van der Waals surface area (Å²) in [6.07, 6.45) is 0. The number of sulfonamides is 1. The third-order valence-electron chi connectivity index (χ3n) is 5.21. The lowest BCUT2D eigenvalue weighted by molar-refractivity contribution is 0.0946. The minimum atomic E-state index is -3.49. The molecule has 0 aliphatic heterocycles. The molecule has 0 fully saturated rings. The highest BCUT2D eigenvalue weighted by Gasteiger charge is 2.18. The summed E-state index contributed by atoms with van der Waals surface area (Å²) in [6, 6.07) is 13.4. The van der Waals surface area contributed by atoms with Gasteiger partial charge in [0.2, 0.25) is 15.9 Å². The molecule has 0 saturated heterocycles. The number of hydrogen-bond acceptors (Lipinski definition) is 7. The van der Waals surface area contributed by atoms with Crippen molar-refractivity contribution in [3.63, 3.8) is 0 Å². The Morgan fingerprint density at radius 3 is 2.59 bits per heavy atom. The van der Waals surface area contributed by atoms with E-state index in [-0.39, 0.29) is 17.8 Å². The molecule has 176 valence electrons. The molecule has 3 N–H and O–H groups in total. The molecule has 0 bridgehead atoms. The predicted molar refractivity (Wildman–Crippen MR) is 128 cm³/mol. The molecule has 2 aromatic carbocycles. The number of anilines is 1. The Kier molecular flexibility index (Phi) is 6.20. The van der Waals surface area contributed by atoms with Crippen molar-refractivity contribution in [1.82, 2.24) is 20.5 Å². The predicted octanol–water partition coefficient (Wildman–Crippen LogP) is 2.97. The Hall–Kier alpha value is -3.99. The number of fused-ring (bicyclic) bond motifs is 1. The first-order valence-corrected chi connectivity index (χ1v) is 12.0. The van der Waals surface area contributed by atoms with E-state index in [4.69, 9.17) is 4.42 Å². The van der Waals surface area contributed by atoms with Crippen molar-refractivity contribution < 1.29 is 17.6 Å². The highest BCUT2D eigenvalue weighted by Crippen LogP contribution is 2.25. The maximum absolute atomic E-state index is 12.7. The van der Waals surface area contributed by atoms with E-state index in [9.17, 15) is 18.0 Å². The van der Waals surface area contributed by atoms with Crippen LogP contribution in [-0.4, -0.2) is 34.8 Å². The van der Waals surface area contributed by atoms with E-state index in [2.05, 4.69) is 25.2 Å². The van der Waals surface area contributed by atoms with Crippen LogP contribution in [0.3, 0.4) is 0 Å². The van der Waals surface area contributed by atoms with Crippen LogP contribution in [0.4, 0.5) is 5.69 Å². The van der Waals surface area contributed by atoms with Gasteiger partial charge in [-0.05, 0) is 45.0 Å². The van der Waals surface area contributed by atoms with Gasteiger partial charge in [-0.1, -0.05) is 24.3 Å². The van der Waals surface area contributed by atoms with Crippen molar-refractivity contribution in [3.8, 4) is 11.5 Å². The van der Waals surface area contributed by atoms with Gasteiger partial charge < -0.3 is 9.73 Å². The monoisotopic (exact) mass is 481 g/mol. The fourth-order valence-electron chi connectivity index (χ4n) is 3.25. The molecule has 11 heteroatoms. The molecule has 10 nitrogen and oxygen atoms in total.